The minimum Gasteiger partial charge on any atom is -0.308 e. The Hall–Kier alpha value is -0.900. The average molecular weight is 256 g/mol. The second kappa shape index (κ2) is 3.35. The summed E-state index contributed by atoms with van der Waals surface area (Å²) in [5.74, 6) is -0.0165. The van der Waals surface area contributed by atoms with Crippen molar-refractivity contribution in [3.63, 3.8) is 0 Å². The maximum absolute atomic E-state index is 11.6. The lowest BCUT2D eigenvalue weighted by Crippen LogP contribution is -2.25. The minimum atomic E-state index is -0.0970. The molecule has 1 amide bonds. The third-order valence-corrected chi connectivity index (χ3v) is 3.14. The van der Waals surface area contributed by atoms with E-state index in [9.17, 15) is 9.59 Å². The fraction of sp³-hybridized carbons (Fsp3) is 0.400. The predicted molar refractivity (Wildman–Crippen MR) is 55.6 cm³/mol. The molecule has 0 aromatic heterocycles. The second-order valence-corrected chi connectivity index (χ2v) is 4.43. The molecule has 74 valence electrons. The number of nitrogens with zero attached hydrogens (tertiary/aromatic N) is 1. The van der Waals surface area contributed by atoms with Crippen LogP contribution in [0, 0.1) is 5.92 Å². The van der Waals surface area contributed by atoms with Gasteiger partial charge in [-0.15, -0.1) is 0 Å². The van der Waals surface area contributed by atoms with Crippen LogP contribution in [-0.4, -0.2) is 23.1 Å². The van der Waals surface area contributed by atoms with E-state index in [0.29, 0.717) is 6.42 Å². The first-order chi connectivity index (χ1) is 6.59. The van der Waals surface area contributed by atoms with Crippen LogP contribution in [0.25, 0.3) is 0 Å². The molecule has 1 heterocycles. The number of hydrogen-bond donors (Lipinski definition) is 0. The summed E-state index contributed by atoms with van der Waals surface area (Å²) in [5.41, 5.74) is 0.844. The predicted octanol–water partition coefficient (Wildman–Crippen LogP) is 1.60. The van der Waals surface area contributed by atoms with Crippen LogP contribution in [0.1, 0.15) is 13.3 Å². The van der Waals surface area contributed by atoms with Gasteiger partial charge >= 0.3 is 0 Å². The first kappa shape index (κ1) is 9.65. The van der Waals surface area contributed by atoms with Crippen LogP contribution in [-0.2, 0) is 9.59 Å². The molecular formula is C10H10BrNO2. The molecule has 0 bridgehead atoms. The molecule has 0 N–H and O–H groups in total. The molecule has 0 saturated carbocycles. The number of likely N-dealkylation sites (tertiary alicyclic amines) is 1. The van der Waals surface area contributed by atoms with Crippen molar-refractivity contribution < 1.29 is 9.59 Å². The van der Waals surface area contributed by atoms with Crippen LogP contribution in [0.2, 0.25) is 0 Å². The highest BCUT2D eigenvalue weighted by atomic mass is 79.9. The van der Waals surface area contributed by atoms with E-state index in [1.165, 1.54) is 6.92 Å². The summed E-state index contributed by atoms with van der Waals surface area (Å²) >= 11 is 3.36. The van der Waals surface area contributed by atoms with Gasteiger partial charge in [0.15, 0.2) is 5.78 Å². The number of carbonyl (C=O) groups excluding carboxylic acids is 2. The lowest BCUT2D eigenvalue weighted by atomic mass is 9.96. The molecule has 1 fully saturated rings. The number of allylic oxidation sites excluding steroid dienone is 4. The second-order valence-electron chi connectivity index (χ2n) is 3.52. The van der Waals surface area contributed by atoms with E-state index in [1.807, 2.05) is 12.2 Å². The molecule has 0 aromatic rings. The van der Waals surface area contributed by atoms with E-state index in [1.54, 1.807) is 4.90 Å². The topological polar surface area (TPSA) is 37.4 Å². The maximum Gasteiger partial charge on any atom is 0.224 e. The Morgan fingerprint density at radius 2 is 2.36 bits per heavy atom. The fourth-order valence-electron chi connectivity index (χ4n) is 1.86. The van der Waals surface area contributed by atoms with E-state index < -0.39 is 0 Å². The van der Waals surface area contributed by atoms with Gasteiger partial charge in [0.1, 0.15) is 0 Å². The zero-order valence-corrected chi connectivity index (χ0v) is 9.37. The largest absolute Gasteiger partial charge is 0.308 e. The van der Waals surface area contributed by atoms with Gasteiger partial charge in [0.2, 0.25) is 5.91 Å². The highest BCUT2D eigenvalue weighted by molar-refractivity contribution is 9.11. The Balaban J connectivity index is 2.37. The highest BCUT2D eigenvalue weighted by Gasteiger charge is 2.37. The normalized spacial score (nSPS) is 25.7. The summed E-state index contributed by atoms with van der Waals surface area (Å²) in [7, 11) is 0. The van der Waals surface area contributed by atoms with Gasteiger partial charge in [-0.25, -0.2) is 0 Å². The summed E-state index contributed by atoms with van der Waals surface area (Å²) < 4.78 is 0.949. The molecule has 0 radical (unpaired) electrons. The molecule has 0 spiro atoms. The quantitative estimate of drug-likeness (QED) is 0.660. The van der Waals surface area contributed by atoms with Crippen LogP contribution in [0.3, 0.4) is 0 Å². The summed E-state index contributed by atoms with van der Waals surface area (Å²) in [6, 6.07) is 0. The third-order valence-electron chi connectivity index (χ3n) is 2.59. The van der Waals surface area contributed by atoms with Crippen molar-refractivity contribution in [1.29, 1.82) is 0 Å². The van der Waals surface area contributed by atoms with E-state index >= 15 is 0 Å². The van der Waals surface area contributed by atoms with Crippen molar-refractivity contribution in [1.82, 2.24) is 4.90 Å². The summed E-state index contributed by atoms with van der Waals surface area (Å²) in [4.78, 5) is 24.4. The highest BCUT2D eigenvalue weighted by Crippen LogP contribution is 2.34. The van der Waals surface area contributed by atoms with Gasteiger partial charge in [-0.3, -0.25) is 9.59 Å². The molecule has 2 rings (SSSR count). The molecule has 0 aromatic carbocycles. The van der Waals surface area contributed by atoms with E-state index in [-0.39, 0.29) is 24.2 Å². The molecule has 1 atom stereocenters. The Labute approximate surface area is 90.6 Å². The van der Waals surface area contributed by atoms with Crippen LogP contribution >= 0.6 is 15.9 Å². The smallest absolute Gasteiger partial charge is 0.224 e. The molecule has 1 aliphatic heterocycles. The molecule has 1 saturated heterocycles. The molecule has 4 heteroatoms. The number of rotatable bonds is 0. The van der Waals surface area contributed by atoms with Gasteiger partial charge in [0.05, 0.1) is 12.5 Å². The fourth-order valence-corrected chi connectivity index (χ4v) is 2.29. The maximum atomic E-state index is 11.6. The number of amides is 1. The van der Waals surface area contributed by atoms with E-state index in [4.69, 9.17) is 0 Å². The number of hydrogen-bond acceptors (Lipinski definition) is 2. The average Bonchev–Trinajstić information content (AvgIpc) is 2.43. The SMILES string of the molecule is CC(=O)N1CC(=O)C2CC=C(Br)C=C21. The number of halogens is 1. The number of carbonyl (C=O) groups is 2. The van der Waals surface area contributed by atoms with Gasteiger partial charge in [-0.2, -0.15) is 0 Å². The Morgan fingerprint density at radius 3 is 3.00 bits per heavy atom. The first-order valence-electron chi connectivity index (χ1n) is 4.47. The standard InChI is InChI=1S/C10H10BrNO2/c1-6(13)12-5-10(14)8-3-2-7(11)4-9(8)12/h2,4,8H,3,5H2,1H3. The van der Waals surface area contributed by atoms with Crippen molar-refractivity contribution in [3.8, 4) is 0 Å². The number of ketones is 1. The molecule has 1 unspecified atom stereocenters. The van der Waals surface area contributed by atoms with Crippen molar-refractivity contribution in [2.24, 2.45) is 5.92 Å². The number of Topliss-reactive ketones (excluding diaryl/α,β-unsaturated/α-hetero) is 1. The lowest BCUT2D eigenvalue weighted by molar-refractivity contribution is -0.128. The van der Waals surface area contributed by atoms with Crippen LogP contribution in [0.15, 0.2) is 22.3 Å². The van der Waals surface area contributed by atoms with Gasteiger partial charge in [0.25, 0.3) is 0 Å². The molecular weight excluding hydrogens is 246 g/mol. The van der Waals surface area contributed by atoms with Gasteiger partial charge in [-0.1, -0.05) is 22.0 Å². The number of fused-ring (bicyclic) bond motifs is 1. The third kappa shape index (κ3) is 1.43. The zero-order valence-electron chi connectivity index (χ0n) is 7.79. The summed E-state index contributed by atoms with van der Waals surface area (Å²) in [6.45, 7) is 1.72. The zero-order chi connectivity index (χ0) is 10.3. The van der Waals surface area contributed by atoms with Gasteiger partial charge in [-0.05, 0) is 12.5 Å². The Morgan fingerprint density at radius 1 is 1.64 bits per heavy atom. The van der Waals surface area contributed by atoms with E-state index in [2.05, 4.69) is 15.9 Å². The van der Waals surface area contributed by atoms with Crippen LogP contribution in [0.5, 0.6) is 0 Å². The molecule has 2 aliphatic rings. The minimum absolute atomic E-state index is 0.0608. The van der Waals surface area contributed by atoms with Gasteiger partial charge in [0, 0.05) is 17.1 Å². The monoisotopic (exact) mass is 255 g/mol. The molecule has 3 nitrogen and oxygen atoms in total. The van der Waals surface area contributed by atoms with Crippen molar-refractivity contribution >= 4 is 27.6 Å². The van der Waals surface area contributed by atoms with Gasteiger partial charge < -0.3 is 4.90 Å². The van der Waals surface area contributed by atoms with Crippen LogP contribution in [0.4, 0.5) is 0 Å². The van der Waals surface area contributed by atoms with Crippen LogP contribution < -0.4 is 0 Å². The van der Waals surface area contributed by atoms with Crippen molar-refractivity contribution in [2.45, 2.75) is 13.3 Å². The lowest BCUT2D eigenvalue weighted by Gasteiger charge is -2.19. The molecule has 1 aliphatic carbocycles. The van der Waals surface area contributed by atoms with E-state index in [0.717, 1.165) is 10.2 Å². The Bertz CT molecular complexity index is 370. The first-order valence-corrected chi connectivity index (χ1v) is 5.27. The van der Waals surface area contributed by atoms with Crippen molar-refractivity contribution in [2.75, 3.05) is 6.54 Å². The Kier molecular flexibility index (Phi) is 2.31. The summed E-state index contributed by atoms with van der Waals surface area (Å²) in [5, 5.41) is 0. The summed E-state index contributed by atoms with van der Waals surface area (Å²) in [6.07, 6.45) is 4.53. The molecule has 14 heavy (non-hydrogen) atoms. The van der Waals surface area contributed by atoms with Crippen molar-refractivity contribution in [3.05, 3.63) is 22.3 Å².